The Morgan fingerprint density at radius 1 is 1.45 bits per heavy atom. The molecule has 0 radical (unpaired) electrons. The number of rotatable bonds is 6. The minimum Gasteiger partial charge on any atom is -0.337 e. The molecule has 4 nitrogen and oxygen atoms in total. The van der Waals surface area contributed by atoms with Gasteiger partial charge >= 0.3 is 0 Å². The van der Waals surface area contributed by atoms with Gasteiger partial charge in [-0.2, -0.15) is 5.26 Å². The summed E-state index contributed by atoms with van der Waals surface area (Å²) in [4.78, 5) is 6.08. The first-order valence-electron chi connectivity index (χ1n) is 6.52. The molecule has 1 heterocycles. The molecule has 0 saturated heterocycles. The summed E-state index contributed by atoms with van der Waals surface area (Å²) in [5.41, 5.74) is 1.27. The van der Waals surface area contributed by atoms with Gasteiger partial charge in [-0.1, -0.05) is 0 Å². The fourth-order valence-electron chi connectivity index (χ4n) is 2.11. The van der Waals surface area contributed by atoms with Crippen molar-refractivity contribution < 1.29 is 4.39 Å². The van der Waals surface area contributed by atoms with E-state index in [4.69, 9.17) is 5.26 Å². The van der Waals surface area contributed by atoms with Gasteiger partial charge in [-0.25, -0.2) is 9.37 Å². The Hall–Kier alpha value is -2.19. The van der Waals surface area contributed by atoms with Gasteiger partial charge in [-0.15, -0.1) is 0 Å². The van der Waals surface area contributed by atoms with Crippen LogP contribution in [0.15, 0.2) is 36.9 Å². The molecule has 2 rings (SSSR count). The number of nitrogens with zero attached hydrogens (tertiary/aromatic N) is 4. The summed E-state index contributed by atoms with van der Waals surface area (Å²) in [7, 11) is 1.97. The Balaban J connectivity index is 1.86. The SMILES string of the molecule is CN(CCCn1ccnc1)Cc1cc(F)ccc1C#N. The molecular weight excluding hydrogens is 255 g/mol. The molecule has 0 fully saturated rings. The fraction of sp³-hybridized carbons (Fsp3) is 0.333. The molecule has 1 aromatic carbocycles. The van der Waals surface area contributed by atoms with Gasteiger partial charge in [0.25, 0.3) is 0 Å². The molecule has 20 heavy (non-hydrogen) atoms. The highest BCUT2D eigenvalue weighted by molar-refractivity contribution is 5.37. The topological polar surface area (TPSA) is 44.9 Å². The Morgan fingerprint density at radius 3 is 3.00 bits per heavy atom. The van der Waals surface area contributed by atoms with Gasteiger partial charge in [0, 0.05) is 25.5 Å². The van der Waals surface area contributed by atoms with Crippen LogP contribution in [0.4, 0.5) is 4.39 Å². The third-order valence-corrected chi connectivity index (χ3v) is 3.14. The van der Waals surface area contributed by atoms with Gasteiger partial charge in [0.05, 0.1) is 18.0 Å². The Bertz CT molecular complexity index is 586. The van der Waals surface area contributed by atoms with E-state index in [0.29, 0.717) is 12.1 Å². The van der Waals surface area contributed by atoms with E-state index in [0.717, 1.165) is 25.1 Å². The van der Waals surface area contributed by atoms with Crippen molar-refractivity contribution in [3.8, 4) is 6.07 Å². The van der Waals surface area contributed by atoms with Crippen LogP contribution >= 0.6 is 0 Å². The highest BCUT2D eigenvalue weighted by Crippen LogP contribution is 2.12. The van der Waals surface area contributed by atoms with Crippen LogP contribution in [0, 0.1) is 17.1 Å². The van der Waals surface area contributed by atoms with Gasteiger partial charge in [0.15, 0.2) is 0 Å². The summed E-state index contributed by atoms with van der Waals surface area (Å²) in [6.45, 7) is 2.35. The van der Waals surface area contributed by atoms with E-state index in [9.17, 15) is 4.39 Å². The number of halogens is 1. The molecule has 0 amide bonds. The Morgan fingerprint density at radius 2 is 2.30 bits per heavy atom. The van der Waals surface area contributed by atoms with E-state index in [1.807, 2.05) is 17.8 Å². The van der Waals surface area contributed by atoms with E-state index in [2.05, 4.69) is 16.0 Å². The number of nitriles is 1. The Labute approximate surface area is 118 Å². The maximum atomic E-state index is 13.2. The average molecular weight is 272 g/mol. The summed E-state index contributed by atoms with van der Waals surface area (Å²) in [5, 5.41) is 9.02. The average Bonchev–Trinajstić information content (AvgIpc) is 2.92. The number of imidazole rings is 1. The van der Waals surface area contributed by atoms with Gasteiger partial charge in [0.2, 0.25) is 0 Å². The predicted octanol–water partition coefficient (Wildman–Crippen LogP) is 2.42. The molecule has 104 valence electrons. The number of hydrogen-bond acceptors (Lipinski definition) is 3. The van der Waals surface area contributed by atoms with Crippen molar-refractivity contribution >= 4 is 0 Å². The molecule has 0 unspecified atom stereocenters. The number of aromatic nitrogens is 2. The second-order valence-electron chi connectivity index (χ2n) is 4.81. The monoisotopic (exact) mass is 272 g/mol. The maximum absolute atomic E-state index is 13.2. The van der Waals surface area contributed by atoms with Crippen LogP contribution in [-0.2, 0) is 13.1 Å². The van der Waals surface area contributed by atoms with Crippen molar-refractivity contribution in [2.75, 3.05) is 13.6 Å². The molecule has 0 spiro atoms. The molecule has 2 aromatic rings. The van der Waals surface area contributed by atoms with E-state index < -0.39 is 0 Å². The zero-order valence-corrected chi connectivity index (χ0v) is 11.5. The first-order valence-corrected chi connectivity index (χ1v) is 6.52. The molecule has 0 N–H and O–H groups in total. The number of hydrogen-bond donors (Lipinski definition) is 0. The molecule has 0 saturated carbocycles. The van der Waals surface area contributed by atoms with Crippen molar-refractivity contribution in [1.82, 2.24) is 14.5 Å². The lowest BCUT2D eigenvalue weighted by Gasteiger charge is -2.17. The van der Waals surface area contributed by atoms with E-state index in [1.165, 1.54) is 18.2 Å². The highest BCUT2D eigenvalue weighted by Gasteiger charge is 2.07. The van der Waals surface area contributed by atoms with Crippen molar-refractivity contribution in [3.05, 3.63) is 53.9 Å². The van der Waals surface area contributed by atoms with Crippen LogP contribution in [0.1, 0.15) is 17.5 Å². The van der Waals surface area contributed by atoms with E-state index in [-0.39, 0.29) is 5.82 Å². The quantitative estimate of drug-likeness (QED) is 0.811. The van der Waals surface area contributed by atoms with Crippen LogP contribution in [0.5, 0.6) is 0 Å². The summed E-state index contributed by atoms with van der Waals surface area (Å²) in [6, 6.07) is 6.39. The third kappa shape index (κ3) is 3.90. The van der Waals surface area contributed by atoms with Crippen LogP contribution < -0.4 is 0 Å². The smallest absolute Gasteiger partial charge is 0.123 e. The molecule has 0 aliphatic rings. The molecule has 0 aliphatic carbocycles. The second-order valence-corrected chi connectivity index (χ2v) is 4.81. The zero-order chi connectivity index (χ0) is 14.4. The molecule has 0 aliphatic heterocycles. The minimum atomic E-state index is -0.300. The molecule has 1 aromatic heterocycles. The lowest BCUT2D eigenvalue weighted by Crippen LogP contribution is -2.21. The van der Waals surface area contributed by atoms with E-state index in [1.54, 1.807) is 12.5 Å². The number of benzene rings is 1. The predicted molar refractivity (Wildman–Crippen MR) is 74.3 cm³/mol. The molecule has 5 heteroatoms. The van der Waals surface area contributed by atoms with Gasteiger partial charge in [-0.05, 0) is 43.8 Å². The van der Waals surface area contributed by atoms with Crippen LogP contribution in [0.3, 0.4) is 0 Å². The van der Waals surface area contributed by atoms with Gasteiger partial charge in [-0.3, -0.25) is 0 Å². The molecular formula is C15H17FN4. The van der Waals surface area contributed by atoms with Crippen LogP contribution in [0.25, 0.3) is 0 Å². The largest absolute Gasteiger partial charge is 0.337 e. The first kappa shape index (κ1) is 14.2. The lowest BCUT2D eigenvalue weighted by molar-refractivity contribution is 0.313. The van der Waals surface area contributed by atoms with Crippen LogP contribution in [0.2, 0.25) is 0 Å². The van der Waals surface area contributed by atoms with Crippen molar-refractivity contribution in [2.24, 2.45) is 0 Å². The van der Waals surface area contributed by atoms with E-state index >= 15 is 0 Å². The Kier molecular flexibility index (Phi) is 4.85. The second kappa shape index (κ2) is 6.83. The van der Waals surface area contributed by atoms with Crippen molar-refractivity contribution in [1.29, 1.82) is 5.26 Å². The van der Waals surface area contributed by atoms with Crippen molar-refractivity contribution in [2.45, 2.75) is 19.5 Å². The highest BCUT2D eigenvalue weighted by atomic mass is 19.1. The summed E-state index contributed by atoms with van der Waals surface area (Å²) >= 11 is 0. The standard InChI is InChI=1S/C15H17FN4/c1-19(6-2-7-20-8-5-18-12-20)11-14-9-15(16)4-3-13(14)10-17/h3-5,8-9,12H,2,6-7,11H2,1H3. The minimum absolute atomic E-state index is 0.300. The lowest BCUT2D eigenvalue weighted by atomic mass is 10.1. The maximum Gasteiger partial charge on any atom is 0.123 e. The molecule has 0 bridgehead atoms. The van der Waals surface area contributed by atoms with Gasteiger partial charge in [0.1, 0.15) is 5.82 Å². The van der Waals surface area contributed by atoms with Crippen molar-refractivity contribution in [3.63, 3.8) is 0 Å². The summed E-state index contributed by atoms with van der Waals surface area (Å²) in [5.74, 6) is -0.300. The molecule has 0 atom stereocenters. The summed E-state index contributed by atoms with van der Waals surface area (Å²) in [6.07, 6.45) is 6.46. The first-order chi connectivity index (χ1) is 9.69. The number of aryl methyl sites for hydroxylation is 1. The van der Waals surface area contributed by atoms with Gasteiger partial charge < -0.3 is 9.47 Å². The fourth-order valence-corrected chi connectivity index (χ4v) is 2.11. The summed E-state index contributed by atoms with van der Waals surface area (Å²) < 4.78 is 15.3. The normalized spacial score (nSPS) is 10.7. The third-order valence-electron chi connectivity index (χ3n) is 3.14. The zero-order valence-electron chi connectivity index (χ0n) is 11.5. The van der Waals surface area contributed by atoms with Crippen LogP contribution in [-0.4, -0.2) is 28.0 Å².